The lowest BCUT2D eigenvalue weighted by atomic mass is 10.00. The fraction of sp³-hybridized carbons (Fsp3) is 0.733. The number of fused-ring (bicyclic) bond motifs is 1. The number of esters is 1. The first-order valence-corrected chi connectivity index (χ1v) is 7.62. The van der Waals surface area contributed by atoms with Crippen LogP contribution in [0.15, 0.2) is 12.4 Å². The summed E-state index contributed by atoms with van der Waals surface area (Å²) in [6.07, 6.45) is 3.83. The topological polar surface area (TPSA) is 59.4 Å². The van der Waals surface area contributed by atoms with Gasteiger partial charge in [0.25, 0.3) is 0 Å². The third kappa shape index (κ3) is 3.83. The average molecular weight is 294 g/mol. The van der Waals surface area contributed by atoms with Crippen LogP contribution in [-0.4, -0.2) is 51.7 Å². The molecule has 6 nitrogen and oxygen atoms in total. The molecule has 2 heterocycles. The first-order chi connectivity index (χ1) is 9.94. The molecule has 1 atom stereocenters. The smallest absolute Gasteiger partial charge is 0.327 e. The minimum Gasteiger partial charge on any atom is -0.465 e. The van der Waals surface area contributed by atoms with Gasteiger partial charge in [-0.3, -0.25) is 15.0 Å². The molecule has 6 heteroatoms. The number of ether oxygens (including phenoxy) is 1. The van der Waals surface area contributed by atoms with E-state index in [9.17, 15) is 4.79 Å². The molecule has 0 bridgehead atoms. The molecule has 1 unspecified atom stereocenters. The van der Waals surface area contributed by atoms with Crippen LogP contribution in [0.1, 0.15) is 33.5 Å². The van der Waals surface area contributed by atoms with Crippen molar-refractivity contribution in [1.29, 1.82) is 0 Å². The van der Waals surface area contributed by atoms with Gasteiger partial charge in [-0.05, 0) is 27.7 Å². The van der Waals surface area contributed by atoms with Gasteiger partial charge < -0.3 is 9.30 Å². The molecule has 1 N–H and O–H groups in total. The van der Waals surface area contributed by atoms with Crippen LogP contribution >= 0.6 is 0 Å². The van der Waals surface area contributed by atoms with Crippen molar-refractivity contribution in [2.45, 2.75) is 52.4 Å². The molecule has 21 heavy (non-hydrogen) atoms. The van der Waals surface area contributed by atoms with E-state index in [1.807, 2.05) is 40.1 Å². The number of nitrogens with zero attached hydrogens (tertiary/aromatic N) is 3. The summed E-state index contributed by atoms with van der Waals surface area (Å²) >= 11 is 0. The minimum atomic E-state index is -0.695. The first kappa shape index (κ1) is 16.0. The summed E-state index contributed by atoms with van der Waals surface area (Å²) in [6.45, 7) is 11.5. The molecule has 0 amide bonds. The number of carbonyl (C=O) groups excluding carboxylic acids is 1. The highest BCUT2D eigenvalue weighted by Crippen LogP contribution is 2.16. The molecule has 118 valence electrons. The lowest BCUT2D eigenvalue weighted by Crippen LogP contribution is -2.60. The van der Waals surface area contributed by atoms with Crippen molar-refractivity contribution in [3.63, 3.8) is 0 Å². The van der Waals surface area contributed by atoms with Crippen molar-refractivity contribution < 1.29 is 9.53 Å². The van der Waals surface area contributed by atoms with Crippen LogP contribution in [-0.2, 0) is 22.6 Å². The first-order valence-electron chi connectivity index (χ1n) is 7.62. The molecular formula is C15H26N4O2. The summed E-state index contributed by atoms with van der Waals surface area (Å²) in [4.78, 5) is 19.0. The van der Waals surface area contributed by atoms with E-state index < -0.39 is 5.54 Å². The van der Waals surface area contributed by atoms with Gasteiger partial charge in [0.05, 0.1) is 13.2 Å². The Bertz CT molecular complexity index is 486. The van der Waals surface area contributed by atoms with Gasteiger partial charge in [-0.1, -0.05) is 0 Å². The van der Waals surface area contributed by atoms with E-state index in [0.717, 1.165) is 25.5 Å². The Morgan fingerprint density at radius 1 is 1.52 bits per heavy atom. The average Bonchev–Trinajstić information content (AvgIpc) is 2.85. The third-order valence-electron chi connectivity index (χ3n) is 3.70. The Labute approximate surface area is 126 Å². The van der Waals surface area contributed by atoms with Crippen molar-refractivity contribution in [3.05, 3.63) is 18.2 Å². The van der Waals surface area contributed by atoms with Crippen molar-refractivity contribution in [1.82, 2.24) is 19.8 Å². The number of hydrogen-bond acceptors (Lipinski definition) is 5. The highest BCUT2D eigenvalue weighted by Gasteiger charge is 2.37. The van der Waals surface area contributed by atoms with Gasteiger partial charge in [-0.15, -0.1) is 0 Å². The fourth-order valence-corrected chi connectivity index (χ4v) is 2.90. The van der Waals surface area contributed by atoms with Crippen LogP contribution < -0.4 is 5.32 Å². The number of carbonyl (C=O) groups is 1. The predicted octanol–water partition coefficient (Wildman–Crippen LogP) is 1.02. The summed E-state index contributed by atoms with van der Waals surface area (Å²) in [7, 11) is 0. The zero-order valence-corrected chi connectivity index (χ0v) is 13.4. The van der Waals surface area contributed by atoms with Gasteiger partial charge >= 0.3 is 5.97 Å². The number of imidazole rings is 1. The van der Waals surface area contributed by atoms with Gasteiger partial charge in [-0.2, -0.15) is 0 Å². The molecule has 1 aliphatic rings. The summed E-state index contributed by atoms with van der Waals surface area (Å²) in [5.41, 5.74) is -0.695. The maximum atomic E-state index is 12.3. The van der Waals surface area contributed by atoms with Crippen molar-refractivity contribution in [2.75, 3.05) is 19.7 Å². The van der Waals surface area contributed by atoms with Gasteiger partial charge in [0, 0.05) is 38.1 Å². The molecule has 0 fully saturated rings. The Hall–Kier alpha value is -1.40. The molecule has 0 saturated heterocycles. The second-order valence-electron chi connectivity index (χ2n) is 6.10. The lowest BCUT2D eigenvalue weighted by molar-refractivity contribution is -0.152. The molecule has 0 spiro atoms. The predicted molar refractivity (Wildman–Crippen MR) is 80.8 cm³/mol. The Morgan fingerprint density at radius 2 is 2.29 bits per heavy atom. The number of aromatic nitrogens is 2. The maximum absolute atomic E-state index is 12.3. The number of rotatable bonds is 6. The van der Waals surface area contributed by atoms with Crippen LogP contribution in [0.4, 0.5) is 0 Å². The second kappa shape index (κ2) is 6.58. The Balaban J connectivity index is 2.07. The molecule has 0 radical (unpaired) electrons. The zero-order valence-electron chi connectivity index (χ0n) is 13.4. The molecule has 1 aromatic heterocycles. The summed E-state index contributed by atoms with van der Waals surface area (Å²) in [5.74, 6) is 0.865. The highest BCUT2D eigenvalue weighted by molar-refractivity contribution is 5.80. The summed E-state index contributed by atoms with van der Waals surface area (Å²) in [5, 5.41) is 3.36. The van der Waals surface area contributed by atoms with Crippen molar-refractivity contribution in [3.8, 4) is 0 Å². The molecule has 0 aromatic carbocycles. The molecule has 1 aromatic rings. The minimum absolute atomic E-state index is 0.187. The van der Waals surface area contributed by atoms with Crippen LogP contribution in [0.5, 0.6) is 0 Å². The van der Waals surface area contributed by atoms with Crippen LogP contribution in [0.25, 0.3) is 0 Å². The number of hydrogen-bond donors (Lipinski definition) is 1. The van der Waals surface area contributed by atoms with E-state index in [0.29, 0.717) is 13.2 Å². The lowest BCUT2D eigenvalue weighted by Gasteiger charge is -2.37. The van der Waals surface area contributed by atoms with Gasteiger partial charge in [0.2, 0.25) is 0 Å². The molecule has 0 aliphatic carbocycles. The van der Waals surface area contributed by atoms with Crippen molar-refractivity contribution in [2.24, 2.45) is 0 Å². The Morgan fingerprint density at radius 3 is 2.95 bits per heavy atom. The van der Waals surface area contributed by atoms with Crippen molar-refractivity contribution >= 4 is 5.97 Å². The molecule has 2 rings (SSSR count). The largest absolute Gasteiger partial charge is 0.465 e. The molecule has 1 aliphatic heterocycles. The van der Waals surface area contributed by atoms with E-state index in [2.05, 4.69) is 19.8 Å². The molecular weight excluding hydrogens is 268 g/mol. The summed E-state index contributed by atoms with van der Waals surface area (Å²) in [6, 6.07) is 0.214. The maximum Gasteiger partial charge on any atom is 0.327 e. The van der Waals surface area contributed by atoms with E-state index in [1.54, 1.807) is 0 Å². The zero-order chi connectivity index (χ0) is 15.5. The van der Waals surface area contributed by atoms with Gasteiger partial charge in [-0.25, -0.2) is 4.98 Å². The second-order valence-corrected chi connectivity index (χ2v) is 6.10. The van der Waals surface area contributed by atoms with Crippen LogP contribution in [0.3, 0.4) is 0 Å². The Kier molecular flexibility index (Phi) is 5.00. The number of nitrogens with one attached hydrogen (secondary N) is 1. The SMILES string of the molecule is CCOC(=O)C(C)(CN1CCn2ccnc2C1)NC(C)C. The van der Waals surface area contributed by atoms with E-state index in [4.69, 9.17) is 4.74 Å². The third-order valence-corrected chi connectivity index (χ3v) is 3.70. The van der Waals surface area contributed by atoms with Gasteiger partial charge in [0.1, 0.15) is 11.4 Å². The van der Waals surface area contributed by atoms with Crippen LogP contribution in [0.2, 0.25) is 0 Å². The van der Waals surface area contributed by atoms with E-state index in [1.165, 1.54) is 0 Å². The summed E-state index contributed by atoms with van der Waals surface area (Å²) < 4.78 is 7.42. The fourth-order valence-electron chi connectivity index (χ4n) is 2.90. The normalized spacial score (nSPS) is 18.3. The standard InChI is InChI=1S/C15H26N4O2/c1-5-21-14(20)15(4,17-12(2)3)11-18-8-9-19-7-6-16-13(19)10-18/h6-7,12,17H,5,8-11H2,1-4H3. The van der Waals surface area contributed by atoms with E-state index in [-0.39, 0.29) is 12.0 Å². The van der Waals surface area contributed by atoms with E-state index >= 15 is 0 Å². The quantitative estimate of drug-likeness (QED) is 0.794. The highest BCUT2D eigenvalue weighted by atomic mass is 16.5. The molecule has 0 saturated carbocycles. The van der Waals surface area contributed by atoms with Gasteiger partial charge in [0.15, 0.2) is 0 Å². The monoisotopic (exact) mass is 294 g/mol. The van der Waals surface area contributed by atoms with Crippen LogP contribution in [0, 0.1) is 0 Å².